The van der Waals surface area contributed by atoms with Crippen molar-refractivity contribution in [3.05, 3.63) is 65.2 Å². The second-order valence-corrected chi connectivity index (χ2v) is 11.4. The summed E-state index contributed by atoms with van der Waals surface area (Å²) in [6.45, 7) is 7.06. The Labute approximate surface area is 290 Å². The molecule has 270 valence electrons. The number of hydrogen-bond donors (Lipinski definition) is 3. The first-order valence-corrected chi connectivity index (χ1v) is 17.3. The number of nitrogens with zero attached hydrogens (tertiary/aromatic N) is 1. The maximum Gasteiger partial charge on any atom is 0.227 e. The number of hydrogen-bond acceptors (Lipinski definition) is 9. The highest BCUT2D eigenvalue weighted by Crippen LogP contribution is 2.29. The molecular weight excluding hydrogens is 628 g/mol. The third-order valence-corrected chi connectivity index (χ3v) is 7.58. The lowest BCUT2D eigenvalue weighted by Gasteiger charge is -2.27. The highest BCUT2D eigenvalue weighted by molar-refractivity contribution is 5.98. The third kappa shape index (κ3) is 17.0. The van der Waals surface area contributed by atoms with E-state index >= 15 is 0 Å². The van der Waals surface area contributed by atoms with Gasteiger partial charge >= 0.3 is 0 Å². The van der Waals surface area contributed by atoms with Gasteiger partial charge in [0.2, 0.25) is 17.7 Å². The maximum atomic E-state index is 13.3. The summed E-state index contributed by atoms with van der Waals surface area (Å²) in [7, 11) is 1.92. The predicted molar refractivity (Wildman–Crippen MR) is 190 cm³/mol. The highest BCUT2D eigenvalue weighted by atomic mass is 16.5. The van der Waals surface area contributed by atoms with Gasteiger partial charge in [-0.05, 0) is 49.2 Å². The Bertz CT molecular complexity index is 1270. The summed E-state index contributed by atoms with van der Waals surface area (Å²) >= 11 is 0. The van der Waals surface area contributed by atoms with Gasteiger partial charge in [0, 0.05) is 45.6 Å². The molecule has 0 aromatic heterocycles. The van der Waals surface area contributed by atoms with E-state index in [4.69, 9.17) is 23.7 Å². The van der Waals surface area contributed by atoms with E-state index in [0.29, 0.717) is 79.1 Å². The van der Waals surface area contributed by atoms with Crippen LogP contribution in [0.5, 0.6) is 0 Å². The average molecular weight is 683 g/mol. The van der Waals surface area contributed by atoms with Crippen LogP contribution in [0, 0.1) is 0 Å². The number of rotatable bonds is 26. The molecule has 0 saturated carbocycles. The van der Waals surface area contributed by atoms with E-state index < -0.39 is 0 Å². The van der Waals surface area contributed by atoms with E-state index in [1.807, 2.05) is 61.7 Å². The van der Waals surface area contributed by atoms with E-state index in [2.05, 4.69) is 22.0 Å². The largest absolute Gasteiger partial charge is 0.379 e. The number of carbonyl (C=O) groups is 3. The van der Waals surface area contributed by atoms with Crippen molar-refractivity contribution in [2.75, 3.05) is 97.7 Å². The van der Waals surface area contributed by atoms with E-state index in [9.17, 15) is 14.4 Å². The summed E-state index contributed by atoms with van der Waals surface area (Å²) in [5.41, 5.74) is 3.92. The van der Waals surface area contributed by atoms with Gasteiger partial charge in [0.15, 0.2) is 0 Å². The molecule has 0 unspecified atom stereocenters. The van der Waals surface area contributed by atoms with Crippen LogP contribution in [-0.4, -0.2) is 110 Å². The fraction of sp³-hybridized carbons (Fsp3) is 0.541. The van der Waals surface area contributed by atoms with Crippen LogP contribution >= 0.6 is 0 Å². The highest BCUT2D eigenvalue weighted by Gasteiger charge is 2.21. The van der Waals surface area contributed by atoms with E-state index in [1.54, 1.807) is 4.90 Å². The average Bonchev–Trinajstić information content (AvgIpc) is 3.11. The number of amides is 3. The van der Waals surface area contributed by atoms with Crippen molar-refractivity contribution in [2.24, 2.45) is 0 Å². The van der Waals surface area contributed by atoms with E-state index in [0.717, 1.165) is 48.4 Å². The van der Waals surface area contributed by atoms with Crippen LogP contribution in [0.1, 0.15) is 48.8 Å². The molecule has 0 aliphatic carbocycles. The Morgan fingerprint density at radius 3 is 1.88 bits per heavy atom. The van der Waals surface area contributed by atoms with Crippen molar-refractivity contribution in [3.8, 4) is 0 Å². The van der Waals surface area contributed by atoms with Crippen LogP contribution in [0.25, 0.3) is 12.2 Å². The minimum atomic E-state index is -0.201. The van der Waals surface area contributed by atoms with E-state index in [1.165, 1.54) is 0 Å². The first kappa shape index (κ1) is 39.8. The first-order chi connectivity index (χ1) is 24.1. The summed E-state index contributed by atoms with van der Waals surface area (Å²) in [4.78, 5) is 39.4. The molecule has 0 fully saturated rings. The van der Waals surface area contributed by atoms with Gasteiger partial charge in [0.1, 0.15) is 0 Å². The number of carbonyl (C=O) groups excluding carboxylic acids is 3. The molecule has 1 heterocycles. The smallest absolute Gasteiger partial charge is 0.227 e. The number of anilines is 1. The van der Waals surface area contributed by atoms with Gasteiger partial charge in [-0.3, -0.25) is 14.4 Å². The Balaban J connectivity index is 1.12. The second kappa shape index (κ2) is 25.3. The van der Waals surface area contributed by atoms with Crippen molar-refractivity contribution >= 4 is 35.6 Å². The molecule has 12 heteroatoms. The SMILES string of the molecule is CNCCCOCCOCCOCCCNC(=O)CCOCCOCCNC(=O)CCC(=O)N1Cc2ccccc2C=Cc2ccccc21. The topological polar surface area (TPSA) is 137 Å². The van der Waals surface area contributed by atoms with Crippen LogP contribution < -0.4 is 20.9 Å². The molecule has 2 aromatic carbocycles. The Morgan fingerprint density at radius 2 is 1.14 bits per heavy atom. The van der Waals surface area contributed by atoms with Crippen LogP contribution in [0.2, 0.25) is 0 Å². The van der Waals surface area contributed by atoms with Gasteiger partial charge in [0.05, 0.1) is 65.1 Å². The maximum absolute atomic E-state index is 13.3. The van der Waals surface area contributed by atoms with Crippen molar-refractivity contribution < 1.29 is 38.1 Å². The fourth-order valence-electron chi connectivity index (χ4n) is 4.95. The molecule has 12 nitrogen and oxygen atoms in total. The number of ether oxygens (including phenoxy) is 5. The normalized spacial score (nSPS) is 12.1. The van der Waals surface area contributed by atoms with Crippen molar-refractivity contribution in [1.82, 2.24) is 16.0 Å². The minimum absolute atomic E-state index is 0.0719. The lowest BCUT2D eigenvalue weighted by molar-refractivity contribution is -0.125. The van der Waals surface area contributed by atoms with Crippen molar-refractivity contribution in [1.29, 1.82) is 0 Å². The zero-order valence-electron chi connectivity index (χ0n) is 28.9. The van der Waals surface area contributed by atoms with Gasteiger partial charge in [-0.15, -0.1) is 0 Å². The molecule has 1 aliphatic heterocycles. The van der Waals surface area contributed by atoms with Gasteiger partial charge in [-0.2, -0.15) is 0 Å². The molecule has 0 atom stereocenters. The Morgan fingerprint density at radius 1 is 0.592 bits per heavy atom. The van der Waals surface area contributed by atoms with Crippen LogP contribution in [-0.2, 0) is 44.6 Å². The fourth-order valence-corrected chi connectivity index (χ4v) is 4.95. The van der Waals surface area contributed by atoms with Gasteiger partial charge < -0.3 is 44.5 Å². The molecule has 3 amide bonds. The van der Waals surface area contributed by atoms with Crippen LogP contribution in [0.15, 0.2) is 48.5 Å². The lowest BCUT2D eigenvalue weighted by Crippen LogP contribution is -2.33. The van der Waals surface area contributed by atoms with Gasteiger partial charge in [0.25, 0.3) is 0 Å². The molecule has 0 radical (unpaired) electrons. The van der Waals surface area contributed by atoms with E-state index in [-0.39, 0.29) is 37.0 Å². The minimum Gasteiger partial charge on any atom is -0.379 e. The molecule has 2 aromatic rings. The Kier molecular flexibility index (Phi) is 20.6. The van der Waals surface area contributed by atoms with Crippen LogP contribution in [0.3, 0.4) is 0 Å². The molecule has 49 heavy (non-hydrogen) atoms. The van der Waals surface area contributed by atoms with Crippen molar-refractivity contribution in [2.45, 2.75) is 38.6 Å². The summed E-state index contributed by atoms with van der Waals surface area (Å²) in [5.74, 6) is -0.375. The summed E-state index contributed by atoms with van der Waals surface area (Å²) in [6, 6.07) is 15.8. The number of benzene rings is 2. The number of para-hydroxylation sites is 1. The third-order valence-electron chi connectivity index (χ3n) is 7.58. The predicted octanol–water partition coefficient (Wildman–Crippen LogP) is 3.19. The quantitative estimate of drug-likeness (QED) is 0.128. The molecule has 3 rings (SSSR count). The van der Waals surface area contributed by atoms with Gasteiger partial charge in [-0.1, -0.05) is 54.6 Å². The second-order valence-electron chi connectivity index (χ2n) is 11.4. The summed E-state index contributed by atoms with van der Waals surface area (Å²) in [6.07, 6.45) is 6.27. The molecule has 0 saturated heterocycles. The molecule has 0 bridgehead atoms. The molecule has 3 N–H and O–H groups in total. The standard InChI is InChI=1S/C37H54N4O8/c1-38-17-6-20-45-24-28-49-29-25-46-21-7-18-39-36(43)16-22-47-26-27-48-23-19-40-35(42)14-15-37(44)41-30-33-10-3-2-8-31(33)12-13-32-9-4-5-11-34(32)41/h2-5,8-13,38H,6-7,14-30H2,1H3,(H,39,43)(H,40,42). The van der Waals surface area contributed by atoms with Crippen molar-refractivity contribution in [3.63, 3.8) is 0 Å². The summed E-state index contributed by atoms with van der Waals surface area (Å²) < 4.78 is 27.4. The lowest BCUT2D eigenvalue weighted by atomic mass is 10.0. The Hall–Kier alpha value is -3.65. The molecular formula is C37H54N4O8. The summed E-state index contributed by atoms with van der Waals surface area (Å²) in [5, 5.41) is 8.73. The number of fused-ring (bicyclic) bond motifs is 2. The zero-order chi connectivity index (χ0) is 34.8. The zero-order valence-corrected chi connectivity index (χ0v) is 28.9. The monoisotopic (exact) mass is 682 g/mol. The first-order valence-electron chi connectivity index (χ1n) is 17.3. The number of nitrogens with one attached hydrogen (secondary N) is 3. The van der Waals surface area contributed by atoms with Gasteiger partial charge in [-0.25, -0.2) is 0 Å². The van der Waals surface area contributed by atoms with Crippen LogP contribution in [0.4, 0.5) is 5.69 Å². The molecule has 1 aliphatic rings. The molecule has 0 spiro atoms.